The predicted molar refractivity (Wildman–Crippen MR) is 61.0 cm³/mol. The number of pyridine rings is 1. The Hall–Kier alpha value is -1.68. The summed E-state index contributed by atoms with van der Waals surface area (Å²) in [6, 6.07) is 4.43. The standard InChI is InChI=1S/C11H7ClFN3/c1-16-5-14-9-10(16)7-4-6(13)2-3-8(7)15-11(9)12/h2-5H,1H3. The van der Waals surface area contributed by atoms with E-state index in [2.05, 4.69) is 9.97 Å². The molecule has 80 valence electrons. The van der Waals surface area contributed by atoms with Crippen LogP contribution < -0.4 is 0 Å². The van der Waals surface area contributed by atoms with Gasteiger partial charge in [0.25, 0.3) is 0 Å². The van der Waals surface area contributed by atoms with Crippen LogP contribution in [-0.2, 0) is 7.05 Å². The van der Waals surface area contributed by atoms with E-state index < -0.39 is 0 Å². The fourth-order valence-corrected chi connectivity index (χ4v) is 2.08. The summed E-state index contributed by atoms with van der Waals surface area (Å²) in [4.78, 5) is 8.32. The van der Waals surface area contributed by atoms with Gasteiger partial charge in [-0.25, -0.2) is 14.4 Å². The minimum absolute atomic E-state index is 0.292. The summed E-state index contributed by atoms with van der Waals surface area (Å²) >= 11 is 6.01. The van der Waals surface area contributed by atoms with Crippen molar-refractivity contribution in [3.05, 3.63) is 35.5 Å². The maximum atomic E-state index is 13.2. The molecule has 2 heterocycles. The number of hydrogen-bond acceptors (Lipinski definition) is 2. The van der Waals surface area contributed by atoms with Crippen LogP contribution in [0.5, 0.6) is 0 Å². The Morgan fingerprint density at radius 3 is 3.00 bits per heavy atom. The van der Waals surface area contributed by atoms with Crippen molar-refractivity contribution in [3.8, 4) is 0 Å². The first-order valence-corrected chi connectivity index (χ1v) is 5.10. The third kappa shape index (κ3) is 1.20. The van der Waals surface area contributed by atoms with Gasteiger partial charge >= 0.3 is 0 Å². The lowest BCUT2D eigenvalue weighted by Gasteiger charge is -2.02. The van der Waals surface area contributed by atoms with Crippen LogP contribution in [-0.4, -0.2) is 14.5 Å². The fraction of sp³-hybridized carbons (Fsp3) is 0.0909. The second kappa shape index (κ2) is 3.15. The minimum Gasteiger partial charge on any atom is -0.333 e. The van der Waals surface area contributed by atoms with Crippen LogP contribution in [0.4, 0.5) is 4.39 Å². The van der Waals surface area contributed by atoms with Crippen LogP contribution in [0.3, 0.4) is 0 Å². The number of nitrogens with zero attached hydrogens (tertiary/aromatic N) is 3. The maximum Gasteiger partial charge on any atom is 0.157 e. The molecule has 0 fully saturated rings. The molecule has 0 bridgehead atoms. The van der Waals surface area contributed by atoms with Crippen LogP contribution in [0.25, 0.3) is 21.9 Å². The van der Waals surface area contributed by atoms with Gasteiger partial charge in [-0.05, 0) is 18.2 Å². The average Bonchev–Trinajstić information content (AvgIpc) is 2.63. The van der Waals surface area contributed by atoms with Gasteiger partial charge in [0.05, 0.1) is 17.4 Å². The van der Waals surface area contributed by atoms with Crippen molar-refractivity contribution in [2.75, 3.05) is 0 Å². The second-order valence-electron chi connectivity index (χ2n) is 3.62. The number of rotatable bonds is 0. The maximum absolute atomic E-state index is 13.2. The third-order valence-corrected chi connectivity index (χ3v) is 2.83. The first kappa shape index (κ1) is 9.54. The van der Waals surface area contributed by atoms with Gasteiger partial charge in [-0.15, -0.1) is 0 Å². The van der Waals surface area contributed by atoms with Crippen molar-refractivity contribution in [2.45, 2.75) is 0 Å². The smallest absolute Gasteiger partial charge is 0.157 e. The Kier molecular flexibility index (Phi) is 1.88. The number of imidazole rings is 1. The Morgan fingerprint density at radius 2 is 2.19 bits per heavy atom. The summed E-state index contributed by atoms with van der Waals surface area (Å²) in [7, 11) is 1.84. The first-order valence-electron chi connectivity index (χ1n) is 4.72. The van der Waals surface area contributed by atoms with Gasteiger partial charge in [-0.1, -0.05) is 11.6 Å². The van der Waals surface area contributed by atoms with Crippen molar-refractivity contribution >= 4 is 33.5 Å². The summed E-state index contributed by atoms with van der Waals surface area (Å²) in [5, 5.41) is 1.06. The highest BCUT2D eigenvalue weighted by molar-refractivity contribution is 6.35. The number of aromatic nitrogens is 3. The molecule has 0 aliphatic rings. The Labute approximate surface area is 95.5 Å². The fourth-order valence-electron chi connectivity index (χ4n) is 1.85. The van der Waals surface area contributed by atoms with Crippen molar-refractivity contribution in [2.24, 2.45) is 7.05 Å². The third-order valence-electron chi connectivity index (χ3n) is 2.56. The Morgan fingerprint density at radius 1 is 1.38 bits per heavy atom. The van der Waals surface area contributed by atoms with Crippen LogP contribution >= 0.6 is 11.6 Å². The molecule has 3 rings (SSSR count). The van der Waals surface area contributed by atoms with Gasteiger partial charge in [0, 0.05) is 12.4 Å². The quantitative estimate of drug-likeness (QED) is 0.561. The minimum atomic E-state index is -0.292. The number of halogens is 2. The molecule has 1 aromatic carbocycles. The molecule has 3 nitrogen and oxygen atoms in total. The van der Waals surface area contributed by atoms with E-state index >= 15 is 0 Å². The van der Waals surface area contributed by atoms with Gasteiger partial charge in [-0.2, -0.15) is 0 Å². The van der Waals surface area contributed by atoms with Crippen molar-refractivity contribution < 1.29 is 4.39 Å². The highest BCUT2D eigenvalue weighted by Crippen LogP contribution is 2.28. The van der Waals surface area contributed by atoms with Crippen LogP contribution in [0, 0.1) is 5.82 Å². The normalized spacial score (nSPS) is 11.4. The van der Waals surface area contributed by atoms with E-state index in [1.54, 1.807) is 12.4 Å². The number of fused-ring (bicyclic) bond motifs is 3. The zero-order valence-corrected chi connectivity index (χ0v) is 9.16. The number of benzene rings is 1. The van der Waals surface area contributed by atoms with E-state index in [1.807, 2.05) is 11.6 Å². The van der Waals surface area contributed by atoms with Gasteiger partial charge in [0.1, 0.15) is 11.3 Å². The Bertz CT molecular complexity index is 705. The number of aryl methyl sites for hydroxylation is 1. The highest BCUT2D eigenvalue weighted by Gasteiger charge is 2.11. The topological polar surface area (TPSA) is 30.7 Å². The van der Waals surface area contributed by atoms with Crippen molar-refractivity contribution in [3.63, 3.8) is 0 Å². The molecular formula is C11H7ClFN3. The zero-order chi connectivity index (χ0) is 11.3. The van der Waals surface area contributed by atoms with Crippen LogP contribution in [0.1, 0.15) is 0 Å². The molecule has 0 radical (unpaired) electrons. The largest absolute Gasteiger partial charge is 0.333 e. The number of hydrogen-bond donors (Lipinski definition) is 0. The highest BCUT2D eigenvalue weighted by atomic mass is 35.5. The molecule has 16 heavy (non-hydrogen) atoms. The predicted octanol–water partition coefficient (Wildman–Crippen LogP) is 2.91. The van der Waals surface area contributed by atoms with Crippen LogP contribution in [0.15, 0.2) is 24.5 Å². The summed E-state index contributed by atoms with van der Waals surface area (Å²) in [6.07, 6.45) is 1.64. The molecule has 0 unspecified atom stereocenters. The van der Waals surface area contributed by atoms with Gasteiger partial charge in [0.15, 0.2) is 5.15 Å². The molecule has 0 spiro atoms. The molecule has 0 atom stereocenters. The van der Waals surface area contributed by atoms with Gasteiger partial charge in [-0.3, -0.25) is 0 Å². The average molecular weight is 236 g/mol. The molecule has 3 aromatic rings. The van der Waals surface area contributed by atoms with E-state index in [1.165, 1.54) is 12.1 Å². The summed E-state index contributed by atoms with van der Waals surface area (Å²) in [6.45, 7) is 0. The molecule has 0 aliphatic carbocycles. The summed E-state index contributed by atoms with van der Waals surface area (Å²) in [5.74, 6) is -0.292. The lowest BCUT2D eigenvalue weighted by molar-refractivity contribution is 0.629. The monoisotopic (exact) mass is 235 g/mol. The Balaban J connectivity index is 2.64. The molecule has 0 saturated carbocycles. The molecular weight excluding hydrogens is 229 g/mol. The molecule has 5 heteroatoms. The van der Waals surface area contributed by atoms with E-state index in [9.17, 15) is 4.39 Å². The van der Waals surface area contributed by atoms with Gasteiger partial charge < -0.3 is 4.57 Å². The lowest BCUT2D eigenvalue weighted by Crippen LogP contribution is -1.89. The van der Waals surface area contributed by atoms with E-state index in [0.29, 0.717) is 16.2 Å². The molecule has 0 N–H and O–H groups in total. The van der Waals surface area contributed by atoms with Crippen molar-refractivity contribution in [1.29, 1.82) is 0 Å². The molecule has 0 aliphatic heterocycles. The van der Waals surface area contributed by atoms with Crippen molar-refractivity contribution in [1.82, 2.24) is 14.5 Å². The molecule has 0 amide bonds. The SMILES string of the molecule is Cn1cnc2c(Cl)nc3ccc(F)cc3c21. The van der Waals surface area contributed by atoms with Crippen LogP contribution in [0.2, 0.25) is 5.15 Å². The van der Waals surface area contributed by atoms with E-state index in [-0.39, 0.29) is 5.82 Å². The lowest BCUT2D eigenvalue weighted by atomic mass is 10.2. The second-order valence-corrected chi connectivity index (χ2v) is 3.97. The van der Waals surface area contributed by atoms with E-state index in [4.69, 9.17) is 11.6 Å². The summed E-state index contributed by atoms with van der Waals surface area (Å²) in [5.41, 5.74) is 2.07. The first-order chi connectivity index (χ1) is 7.66. The summed E-state index contributed by atoms with van der Waals surface area (Å²) < 4.78 is 15.0. The zero-order valence-electron chi connectivity index (χ0n) is 8.41. The van der Waals surface area contributed by atoms with Gasteiger partial charge in [0.2, 0.25) is 0 Å². The van der Waals surface area contributed by atoms with E-state index in [0.717, 1.165) is 10.9 Å². The molecule has 2 aromatic heterocycles. The molecule has 0 saturated heterocycles.